The topological polar surface area (TPSA) is 54.5 Å². The molecule has 0 radical (unpaired) electrons. The molecule has 2 rings (SSSR count). The van der Waals surface area contributed by atoms with Gasteiger partial charge in [-0.15, -0.1) is 24.8 Å². The number of nitrogens with zero attached hydrogens (tertiary/aromatic N) is 2. The zero-order valence-corrected chi connectivity index (χ0v) is 15.2. The lowest BCUT2D eigenvalue weighted by Gasteiger charge is -2.36. The standard InChI is InChI=1S/C16H25N3O2.2ClH/c1-2-21-16(20)5-3-4-11-19-12-10-18-13-15(19)14-6-8-17-9-7-14;;/h6-9,15,18H,2-5,10-13H2,1H3;2*1H. The molecule has 1 atom stereocenters. The van der Waals surface area contributed by atoms with Crippen LogP contribution in [0.25, 0.3) is 0 Å². The van der Waals surface area contributed by atoms with Crippen LogP contribution in [0.1, 0.15) is 37.8 Å². The summed E-state index contributed by atoms with van der Waals surface area (Å²) in [6, 6.07) is 4.58. The molecule has 2 heterocycles. The summed E-state index contributed by atoms with van der Waals surface area (Å²) in [5, 5.41) is 3.45. The minimum Gasteiger partial charge on any atom is -0.466 e. The Kier molecular flexibility index (Phi) is 12.1. The second-order valence-electron chi connectivity index (χ2n) is 5.30. The highest BCUT2D eigenvalue weighted by Gasteiger charge is 2.23. The lowest BCUT2D eigenvalue weighted by atomic mass is 10.0. The third kappa shape index (κ3) is 7.48. The molecule has 0 spiro atoms. The van der Waals surface area contributed by atoms with Crippen LogP contribution in [0.4, 0.5) is 0 Å². The van der Waals surface area contributed by atoms with E-state index in [1.165, 1.54) is 5.56 Å². The second kappa shape index (κ2) is 12.5. The molecule has 1 aromatic rings. The summed E-state index contributed by atoms with van der Waals surface area (Å²) in [5.41, 5.74) is 1.31. The van der Waals surface area contributed by atoms with Gasteiger partial charge in [0, 0.05) is 44.5 Å². The minimum absolute atomic E-state index is 0. The number of pyridine rings is 1. The molecule has 5 nitrogen and oxygen atoms in total. The van der Waals surface area contributed by atoms with E-state index in [0.29, 0.717) is 19.1 Å². The van der Waals surface area contributed by atoms with Gasteiger partial charge in [-0.25, -0.2) is 0 Å². The van der Waals surface area contributed by atoms with Crippen LogP contribution >= 0.6 is 24.8 Å². The van der Waals surface area contributed by atoms with E-state index < -0.39 is 0 Å². The highest BCUT2D eigenvalue weighted by atomic mass is 35.5. The number of piperazine rings is 1. The Morgan fingerprint density at radius 3 is 2.78 bits per heavy atom. The quantitative estimate of drug-likeness (QED) is 0.595. The van der Waals surface area contributed by atoms with Crippen molar-refractivity contribution < 1.29 is 9.53 Å². The summed E-state index contributed by atoms with van der Waals surface area (Å²) in [5.74, 6) is -0.0801. The molecule has 1 aliphatic rings. The van der Waals surface area contributed by atoms with Gasteiger partial charge in [-0.2, -0.15) is 0 Å². The predicted molar refractivity (Wildman–Crippen MR) is 96.4 cm³/mol. The van der Waals surface area contributed by atoms with Crippen molar-refractivity contribution in [3.05, 3.63) is 30.1 Å². The van der Waals surface area contributed by atoms with Crippen LogP contribution in [-0.2, 0) is 9.53 Å². The fourth-order valence-electron chi connectivity index (χ4n) is 2.75. The van der Waals surface area contributed by atoms with Crippen LogP contribution in [0.15, 0.2) is 24.5 Å². The number of carbonyl (C=O) groups is 1. The third-order valence-corrected chi connectivity index (χ3v) is 3.83. The first-order valence-electron chi connectivity index (χ1n) is 7.81. The van der Waals surface area contributed by atoms with Gasteiger partial charge in [0.15, 0.2) is 0 Å². The number of esters is 1. The maximum Gasteiger partial charge on any atom is 0.305 e. The van der Waals surface area contributed by atoms with Crippen LogP contribution in [-0.4, -0.2) is 48.6 Å². The van der Waals surface area contributed by atoms with Gasteiger partial charge in [-0.1, -0.05) is 0 Å². The first-order valence-corrected chi connectivity index (χ1v) is 7.81. The Morgan fingerprint density at radius 2 is 2.09 bits per heavy atom. The molecule has 1 unspecified atom stereocenters. The molecular formula is C16H27Cl2N3O2. The first kappa shape index (κ1) is 22.1. The van der Waals surface area contributed by atoms with Crippen molar-refractivity contribution in [2.45, 2.75) is 32.2 Å². The Labute approximate surface area is 151 Å². The molecule has 1 N–H and O–H groups in total. The fourth-order valence-corrected chi connectivity index (χ4v) is 2.75. The van der Waals surface area contributed by atoms with E-state index in [9.17, 15) is 4.79 Å². The zero-order valence-electron chi connectivity index (χ0n) is 13.6. The number of rotatable bonds is 7. The van der Waals surface area contributed by atoms with Gasteiger partial charge >= 0.3 is 5.97 Å². The van der Waals surface area contributed by atoms with E-state index in [-0.39, 0.29) is 30.8 Å². The van der Waals surface area contributed by atoms with Crippen molar-refractivity contribution in [2.75, 3.05) is 32.8 Å². The summed E-state index contributed by atoms with van der Waals surface area (Å²) < 4.78 is 4.95. The molecule has 1 aromatic heterocycles. The van der Waals surface area contributed by atoms with Gasteiger partial charge in [-0.3, -0.25) is 14.7 Å². The fraction of sp³-hybridized carbons (Fsp3) is 0.625. The molecule has 0 saturated carbocycles. The molecule has 1 fully saturated rings. The van der Waals surface area contributed by atoms with Crippen molar-refractivity contribution >= 4 is 30.8 Å². The molecule has 1 aliphatic heterocycles. The number of halogens is 2. The van der Waals surface area contributed by atoms with E-state index in [1.54, 1.807) is 0 Å². The average molecular weight is 364 g/mol. The van der Waals surface area contributed by atoms with Crippen LogP contribution in [0.2, 0.25) is 0 Å². The number of aromatic nitrogens is 1. The second-order valence-corrected chi connectivity index (χ2v) is 5.30. The summed E-state index contributed by atoms with van der Waals surface area (Å²) in [4.78, 5) is 17.9. The molecular weight excluding hydrogens is 337 g/mol. The summed E-state index contributed by atoms with van der Waals surface area (Å²) in [6.07, 6.45) is 6.15. The maximum absolute atomic E-state index is 11.3. The normalized spacial score (nSPS) is 17.7. The van der Waals surface area contributed by atoms with Gasteiger partial charge in [0.1, 0.15) is 0 Å². The van der Waals surface area contributed by atoms with Crippen molar-refractivity contribution in [1.29, 1.82) is 0 Å². The molecule has 0 bridgehead atoms. The number of ether oxygens (including phenoxy) is 1. The van der Waals surface area contributed by atoms with Gasteiger partial charge in [0.05, 0.1) is 6.61 Å². The van der Waals surface area contributed by atoms with Gasteiger partial charge in [-0.05, 0) is 44.0 Å². The highest BCUT2D eigenvalue weighted by Crippen LogP contribution is 2.22. The summed E-state index contributed by atoms with van der Waals surface area (Å²) in [7, 11) is 0. The van der Waals surface area contributed by atoms with Gasteiger partial charge in [0.2, 0.25) is 0 Å². The maximum atomic E-state index is 11.3. The highest BCUT2D eigenvalue weighted by molar-refractivity contribution is 5.85. The molecule has 1 saturated heterocycles. The largest absolute Gasteiger partial charge is 0.466 e. The van der Waals surface area contributed by atoms with Crippen LogP contribution in [0, 0.1) is 0 Å². The zero-order chi connectivity index (χ0) is 14.9. The Morgan fingerprint density at radius 1 is 1.35 bits per heavy atom. The van der Waals surface area contributed by atoms with Gasteiger partial charge in [0.25, 0.3) is 0 Å². The Balaban J connectivity index is 0.00000242. The molecule has 0 aromatic carbocycles. The lowest BCUT2D eigenvalue weighted by Crippen LogP contribution is -2.46. The van der Waals surface area contributed by atoms with E-state index in [2.05, 4.69) is 27.3 Å². The van der Waals surface area contributed by atoms with Crippen molar-refractivity contribution in [1.82, 2.24) is 15.2 Å². The molecule has 23 heavy (non-hydrogen) atoms. The molecule has 7 heteroatoms. The number of hydrogen-bond donors (Lipinski definition) is 1. The van der Waals surface area contributed by atoms with Crippen molar-refractivity contribution in [2.24, 2.45) is 0 Å². The van der Waals surface area contributed by atoms with Gasteiger partial charge < -0.3 is 10.1 Å². The predicted octanol–water partition coefficient (Wildman–Crippen LogP) is 2.60. The number of unbranched alkanes of at least 4 members (excludes halogenated alkanes) is 1. The third-order valence-electron chi connectivity index (χ3n) is 3.83. The Bertz CT molecular complexity index is 435. The molecule has 0 aliphatic carbocycles. The summed E-state index contributed by atoms with van der Waals surface area (Å²) in [6.45, 7) is 6.39. The number of carbonyl (C=O) groups excluding carboxylic acids is 1. The average Bonchev–Trinajstić information content (AvgIpc) is 2.53. The molecule has 132 valence electrons. The smallest absolute Gasteiger partial charge is 0.305 e. The van der Waals surface area contributed by atoms with E-state index in [0.717, 1.165) is 39.0 Å². The van der Waals surface area contributed by atoms with E-state index in [1.807, 2.05) is 19.3 Å². The lowest BCUT2D eigenvalue weighted by molar-refractivity contribution is -0.143. The van der Waals surface area contributed by atoms with Crippen molar-refractivity contribution in [3.8, 4) is 0 Å². The summed E-state index contributed by atoms with van der Waals surface area (Å²) >= 11 is 0. The van der Waals surface area contributed by atoms with Crippen LogP contribution in [0.3, 0.4) is 0 Å². The minimum atomic E-state index is -0.0801. The van der Waals surface area contributed by atoms with Crippen LogP contribution in [0.5, 0.6) is 0 Å². The SMILES string of the molecule is CCOC(=O)CCCCN1CCNCC1c1ccncc1.Cl.Cl. The van der Waals surface area contributed by atoms with E-state index in [4.69, 9.17) is 4.74 Å². The Hall–Kier alpha value is -0.880. The first-order chi connectivity index (χ1) is 10.3. The van der Waals surface area contributed by atoms with E-state index >= 15 is 0 Å². The number of hydrogen-bond acceptors (Lipinski definition) is 5. The van der Waals surface area contributed by atoms with Crippen LogP contribution < -0.4 is 5.32 Å². The number of nitrogens with one attached hydrogen (secondary N) is 1. The molecule has 0 amide bonds. The van der Waals surface area contributed by atoms with Crippen molar-refractivity contribution in [3.63, 3.8) is 0 Å². The monoisotopic (exact) mass is 363 g/mol.